The summed E-state index contributed by atoms with van der Waals surface area (Å²) in [7, 11) is 1.31. The Morgan fingerprint density at radius 1 is 1.52 bits per heavy atom. The molecule has 0 aromatic carbocycles. The van der Waals surface area contributed by atoms with Crippen LogP contribution >= 0.6 is 27.3 Å². The molecule has 2 aromatic heterocycles. The number of rotatable bonds is 4. The minimum absolute atomic E-state index is 0.252. The third-order valence-corrected chi connectivity index (χ3v) is 4.22. The zero-order valence-electron chi connectivity index (χ0n) is 11.7. The van der Waals surface area contributed by atoms with Crippen LogP contribution in [0, 0.1) is 6.92 Å². The lowest BCUT2D eigenvalue weighted by Crippen LogP contribution is -2.24. The Bertz CT molecular complexity index is 680. The van der Waals surface area contributed by atoms with E-state index in [1.807, 2.05) is 6.92 Å². The molecule has 1 N–H and O–H groups in total. The van der Waals surface area contributed by atoms with Gasteiger partial charge < -0.3 is 10.1 Å². The Kier molecular flexibility index (Phi) is 4.79. The van der Waals surface area contributed by atoms with E-state index < -0.39 is 12.0 Å². The molecule has 0 saturated carbocycles. The van der Waals surface area contributed by atoms with Crippen LogP contribution in [0.2, 0.25) is 0 Å². The Hall–Kier alpha value is -1.67. The lowest BCUT2D eigenvalue weighted by atomic mass is 10.2. The van der Waals surface area contributed by atoms with Gasteiger partial charge in [0.2, 0.25) is 5.91 Å². The van der Waals surface area contributed by atoms with Crippen molar-refractivity contribution < 1.29 is 14.3 Å². The second-order valence-electron chi connectivity index (χ2n) is 4.40. The smallest absolute Gasteiger partial charge is 0.340 e. The molecule has 1 amide bonds. The number of hydrogen-bond acceptors (Lipinski definition) is 5. The molecule has 2 heterocycles. The summed E-state index contributed by atoms with van der Waals surface area (Å²) in [6, 6.07) is 1.20. The van der Waals surface area contributed by atoms with Crippen LogP contribution in [0.3, 0.4) is 0 Å². The molecule has 2 rings (SSSR count). The van der Waals surface area contributed by atoms with Crippen LogP contribution in [-0.4, -0.2) is 28.8 Å². The Morgan fingerprint density at radius 3 is 2.81 bits per heavy atom. The molecule has 0 radical (unpaired) electrons. The molecular formula is C13H14BrN3O3S. The molecule has 1 atom stereocenters. The van der Waals surface area contributed by atoms with Crippen LogP contribution in [0.25, 0.3) is 0 Å². The average molecular weight is 372 g/mol. The number of halogens is 1. The third kappa shape index (κ3) is 3.51. The molecule has 0 fully saturated rings. The lowest BCUT2D eigenvalue weighted by Gasteiger charge is -2.12. The molecule has 2 aromatic rings. The zero-order chi connectivity index (χ0) is 15.6. The van der Waals surface area contributed by atoms with Crippen LogP contribution in [0.5, 0.6) is 0 Å². The van der Waals surface area contributed by atoms with Crippen LogP contribution in [-0.2, 0) is 9.53 Å². The summed E-state index contributed by atoms with van der Waals surface area (Å²) in [5.74, 6) is -0.721. The van der Waals surface area contributed by atoms with Crippen LogP contribution in [0.15, 0.2) is 22.9 Å². The fraction of sp³-hybridized carbons (Fsp3) is 0.308. The van der Waals surface area contributed by atoms with Crippen molar-refractivity contribution >= 4 is 44.1 Å². The number of carbonyl (C=O) groups is 2. The number of anilines is 1. The number of amides is 1. The molecule has 8 heteroatoms. The number of ether oxygens (including phenoxy) is 1. The summed E-state index contributed by atoms with van der Waals surface area (Å²) in [4.78, 5) is 24.9. The van der Waals surface area contributed by atoms with Crippen molar-refractivity contribution in [2.45, 2.75) is 19.9 Å². The highest BCUT2D eigenvalue weighted by atomic mass is 79.9. The van der Waals surface area contributed by atoms with Gasteiger partial charge in [0, 0.05) is 11.1 Å². The number of esters is 1. The minimum atomic E-state index is -0.496. The Labute approximate surface area is 134 Å². The number of nitrogens with one attached hydrogen (secondary N) is 1. The van der Waals surface area contributed by atoms with Gasteiger partial charge in [0.1, 0.15) is 11.0 Å². The van der Waals surface area contributed by atoms with Gasteiger partial charge in [-0.25, -0.2) is 4.79 Å². The molecule has 0 aliphatic heterocycles. The van der Waals surface area contributed by atoms with Crippen LogP contribution in [0.1, 0.15) is 28.2 Å². The first-order valence-corrected chi connectivity index (χ1v) is 7.72. The van der Waals surface area contributed by atoms with Crippen LogP contribution in [0.4, 0.5) is 5.00 Å². The van der Waals surface area contributed by atoms with Crippen molar-refractivity contribution in [1.29, 1.82) is 0 Å². The van der Waals surface area contributed by atoms with Gasteiger partial charge in [-0.05, 0) is 35.8 Å². The molecule has 0 saturated heterocycles. The molecular weight excluding hydrogens is 358 g/mol. The van der Waals surface area contributed by atoms with E-state index in [9.17, 15) is 9.59 Å². The summed E-state index contributed by atoms with van der Waals surface area (Å²) in [5.41, 5.74) is 0.363. The predicted octanol–water partition coefficient (Wildman–Crippen LogP) is 3.00. The van der Waals surface area contributed by atoms with Gasteiger partial charge in [0.25, 0.3) is 0 Å². The number of thiophene rings is 1. The number of methoxy groups -OCH3 is 1. The third-order valence-electron chi connectivity index (χ3n) is 2.84. The molecule has 6 nitrogen and oxygen atoms in total. The van der Waals surface area contributed by atoms with Crippen molar-refractivity contribution in [3.05, 3.63) is 33.4 Å². The van der Waals surface area contributed by atoms with Gasteiger partial charge in [-0.1, -0.05) is 0 Å². The highest BCUT2D eigenvalue weighted by Crippen LogP contribution is 2.29. The fourth-order valence-corrected chi connectivity index (χ4v) is 2.94. The number of aryl methyl sites for hydroxylation is 1. The molecule has 0 spiro atoms. The van der Waals surface area contributed by atoms with E-state index in [2.05, 4.69) is 26.3 Å². The molecule has 1 unspecified atom stereocenters. The summed E-state index contributed by atoms with van der Waals surface area (Å²) >= 11 is 4.62. The summed E-state index contributed by atoms with van der Waals surface area (Å²) in [6.07, 6.45) is 3.32. The van der Waals surface area contributed by atoms with Crippen molar-refractivity contribution in [2.24, 2.45) is 0 Å². The van der Waals surface area contributed by atoms with Crippen LogP contribution < -0.4 is 5.32 Å². The first-order chi connectivity index (χ1) is 9.92. The number of hydrogen-bond donors (Lipinski definition) is 1. The van der Waals surface area contributed by atoms with Crippen molar-refractivity contribution in [2.75, 3.05) is 12.4 Å². The summed E-state index contributed by atoms with van der Waals surface area (Å²) < 4.78 is 7.05. The van der Waals surface area contributed by atoms with E-state index in [1.54, 1.807) is 25.4 Å². The quantitative estimate of drug-likeness (QED) is 0.838. The van der Waals surface area contributed by atoms with E-state index in [0.29, 0.717) is 10.6 Å². The zero-order valence-corrected chi connectivity index (χ0v) is 14.1. The average Bonchev–Trinajstić information content (AvgIpc) is 3.03. The maximum Gasteiger partial charge on any atom is 0.340 e. The molecule has 0 aliphatic rings. The number of nitrogens with zero attached hydrogens (tertiary/aromatic N) is 2. The maximum atomic E-state index is 12.3. The van der Waals surface area contributed by atoms with Gasteiger partial charge in [-0.2, -0.15) is 5.10 Å². The van der Waals surface area contributed by atoms with Crippen molar-refractivity contribution in [1.82, 2.24) is 9.78 Å². The molecule has 0 bridgehead atoms. The van der Waals surface area contributed by atoms with Gasteiger partial charge in [-0.15, -0.1) is 11.3 Å². The summed E-state index contributed by atoms with van der Waals surface area (Å²) in [5, 5.41) is 7.32. The van der Waals surface area contributed by atoms with Gasteiger partial charge in [0.05, 0.1) is 23.3 Å². The molecule has 0 aliphatic carbocycles. The van der Waals surface area contributed by atoms with E-state index >= 15 is 0 Å². The first kappa shape index (κ1) is 15.7. The van der Waals surface area contributed by atoms with E-state index in [-0.39, 0.29) is 5.91 Å². The number of carbonyl (C=O) groups excluding carboxylic acids is 2. The largest absolute Gasteiger partial charge is 0.465 e. The topological polar surface area (TPSA) is 73.2 Å². The van der Waals surface area contributed by atoms with Gasteiger partial charge in [-0.3, -0.25) is 9.48 Å². The Balaban J connectivity index is 2.18. The highest BCUT2D eigenvalue weighted by molar-refractivity contribution is 9.10. The molecule has 21 heavy (non-hydrogen) atoms. The van der Waals surface area contributed by atoms with Crippen molar-refractivity contribution in [3.63, 3.8) is 0 Å². The monoisotopic (exact) mass is 371 g/mol. The maximum absolute atomic E-state index is 12.3. The second-order valence-corrected chi connectivity index (χ2v) is 6.57. The molecule has 112 valence electrons. The highest BCUT2D eigenvalue weighted by Gasteiger charge is 2.21. The van der Waals surface area contributed by atoms with E-state index in [0.717, 1.165) is 9.35 Å². The van der Waals surface area contributed by atoms with Crippen molar-refractivity contribution in [3.8, 4) is 0 Å². The first-order valence-electron chi connectivity index (χ1n) is 6.11. The SMILES string of the molecule is COC(=O)c1cc(C)sc1NC(=O)C(C)n1cc(Br)cn1. The lowest BCUT2D eigenvalue weighted by molar-refractivity contribution is -0.119. The van der Waals surface area contributed by atoms with E-state index in [4.69, 9.17) is 4.74 Å². The predicted molar refractivity (Wildman–Crippen MR) is 83.7 cm³/mol. The minimum Gasteiger partial charge on any atom is -0.465 e. The number of aromatic nitrogens is 2. The second kappa shape index (κ2) is 6.40. The normalized spacial score (nSPS) is 12.0. The van der Waals surface area contributed by atoms with Gasteiger partial charge in [0.15, 0.2) is 0 Å². The fourth-order valence-electron chi connectivity index (χ4n) is 1.73. The standard InChI is InChI=1S/C13H14BrN3O3S/c1-7-4-10(13(19)20-3)12(21-7)16-11(18)8(2)17-6-9(14)5-15-17/h4-6,8H,1-3H3,(H,16,18). The Morgan fingerprint density at radius 2 is 2.24 bits per heavy atom. The summed E-state index contributed by atoms with van der Waals surface area (Å²) in [6.45, 7) is 3.59. The van der Waals surface area contributed by atoms with Gasteiger partial charge >= 0.3 is 5.97 Å². The van der Waals surface area contributed by atoms with E-state index in [1.165, 1.54) is 23.1 Å².